The Labute approximate surface area is 217 Å². The highest BCUT2D eigenvalue weighted by atomic mass is 79.9. The second-order valence-electron chi connectivity index (χ2n) is 9.75. The fraction of sp³-hybridized carbons (Fsp3) is 0.241. The van der Waals surface area contributed by atoms with Crippen LogP contribution in [-0.4, -0.2) is 46.2 Å². The number of hydrogen-bond donors (Lipinski definition) is 1. The molecule has 3 heterocycles. The summed E-state index contributed by atoms with van der Waals surface area (Å²) >= 11 is 3.52. The summed E-state index contributed by atoms with van der Waals surface area (Å²) in [5.41, 5.74) is 3.55. The van der Waals surface area contributed by atoms with E-state index >= 15 is 0 Å². The molecule has 36 heavy (non-hydrogen) atoms. The quantitative estimate of drug-likeness (QED) is 0.376. The van der Waals surface area contributed by atoms with Crippen LogP contribution in [0.1, 0.15) is 35.2 Å². The van der Waals surface area contributed by atoms with E-state index in [2.05, 4.69) is 39.1 Å². The van der Waals surface area contributed by atoms with Gasteiger partial charge < -0.3 is 14.8 Å². The Kier molecular flexibility index (Phi) is 5.48. The van der Waals surface area contributed by atoms with Gasteiger partial charge >= 0.3 is 0 Å². The third-order valence-corrected chi connectivity index (χ3v) is 8.18. The number of para-hydroxylation sites is 1. The van der Waals surface area contributed by atoms with Crippen molar-refractivity contribution in [2.75, 3.05) is 19.6 Å². The fourth-order valence-corrected chi connectivity index (χ4v) is 6.07. The molecule has 1 aromatic heterocycles. The second kappa shape index (κ2) is 8.59. The van der Waals surface area contributed by atoms with Crippen molar-refractivity contribution in [3.8, 4) is 0 Å². The van der Waals surface area contributed by atoms with Crippen LogP contribution in [0.15, 0.2) is 77.3 Å². The van der Waals surface area contributed by atoms with E-state index in [4.69, 9.17) is 0 Å². The Morgan fingerprint density at radius 1 is 1.06 bits per heavy atom. The third-order valence-electron chi connectivity index (χ3n) is 7.65. The van der Waals surface area contributed by atoms with Crippen LogP contribution in [0.25, 0.3) is 10.9 Å². The maximum atomic E-state index is 14.1. The zero-order valence-corrected chi connectivity index (χ0v) is 21.4. The molecule has 5 nitrogen and oxygen atoms in total. The van der Waals surface area contributed by atoms with E-state index in [0.29, 0.717) is 19.5 Å². The first kappa shape index (κ1) is 23.0. The van der Waals surface area contributed by atoms with Crippen molar-refractivity contribution in [1.29, 1.82) is 0 Å². The molecule has 2 aliphatic heterocycles. The second-order valence-corrected chi connectivity index (χ2v) is 10.7. The molecule has 1 fully saturated rings. The fourth-order valence-electron chi connectivity index (χ4n) is 5.81. The van der Waals surface area contributed by atoms with Crippen LogP contribution in [0.2, 0.25) is 0 Å². The number of nitrogens with zero attached hydrogens (tertiary/aromatic N) is 2. The van der Waals surface area contributed by atoms with Gasteiger partial charge in [-0.05, 0) is 60.4 Å². The third kappa shape index (κ3) is 3.56. The topological polar surface area (TPSA) is 56.4 Å². The Hall–Kier alpha value is -3.45. The van der Waals surface area contributed by atoms with Crippen molar-refractivity contribution in [3.63, 3.8) is 0 Å². The van der Waals surface area contributed by atoms with Crippen molar-refractivity contribution in [2.24, 2.45) is 0 Å². The highest BCUT2D eigenvalue weighted by molar-refractivity contribution is 9.10. The standard InChI is InChI=1S/C29H25BrFN3O2/c1-29-27-26(22-7-2-3-8-24(22)32-27)23(19-9-11-20(30)12-10-19)16-34(29)25(35)17-33(28(29)36)14-13-18-5-4-6-21(31)15-18/h2-12,15,23,32H,13-14,16-17H2,1H3/t23-,29+/m1/s1. The van der Waals surface area contributed by atoms with Crippen molar-refractivity contribution < 1.29 is 14.0 Å². The summed E-state index contributed by atoms with van der Waals surface area (Å²) in [6, 6.07) is 22.6. The van der Waals surface area contributed by atoms with Gasteiger partial charge in [-0.3, -0.25) is 9.59 Å². The number of carbonyl (C=O) groups is 2. The van der Waals surface area contributed by atoms with Gasteiger partial charge in [0.1, 0.15) is 5.82 Å². The molecule has 4 aromatic rings. The van der Waals surface area contributed by atoms with Crippen LogP contribution in [0.5, 0.6) is 0 Å². The average Bonchev–Trinajstić information content (AvgIpc) is 3.27. The molecular formula is C29H25BrFN3O2. The van der Waals surface area contributed by atoms with E-state index in [9.17, 15) is 14.0 Å². The van der Waals surface area contributed by atoms with Gasteiger partial charge in [0.25, 0.3) is 5.91 Å². The first-order valence-electron chi connectivity index (χ1n) is 12.1. The van der Waals surface area contributed by atoms with E-state index in [1.807, 2.05) is 43.3 Å². The molecule has 2 aliphatic rings. The minimum atomic E-state index is -1.14. The van der Waals surface area contributed by atoms with Crippen LogP contribution in [0.4, 0.5) is 4.39 Å². The number of aromatic nitrogens is 1. The highest BCUT2D eigenvalue weighted by Crippen LogP contribution is 2.48. The zero-order valence-electron chi connectivity index (χ0n) is 19.8. The van der Waals surface area contributed by atoms with Crippen LogP contribution >= 0.6 is 15.9 Å². The number of fused-ring (bicyclic) bond motifs is 5. The van der Waals surface area contributed by atoms with E-state index in [0.717, 1.165) is 37.8 Å². The minimum absolute atomic E-state index is 0.0202. The summed E-state index contributed by atoms with van der Waals surface area (Å²) in [4.78, 5) is 34.5. The van der Waals surface area contributed by atoms with Crippen LogP contribution in [0, 0.1) is 5.82 Å². The van der Waals surface area contributed by atoms with Gasteiger partial charge in [-0.25, -0.2) is 4.39 Å². The van der Waals surface area contributed by atoms with E-state index in [1.54, 1.807) is 15.9 Å². The van der Waals surface area contributed by atoms with E-state index in [1.165, 1.54) is 12.1 Å². The molecule has 7 heteroatoms. The zero-order chi connectivity index (χ0) is 25.0. The summed E-state index contributed by atoms with van der Waals surface area (Å²) in [6.45, 7) is 2.65. The normalized spacial score (nSPS) is 21.6. The molecule has 2 amide bonds. The molecule has 1 saturated heterocycles. The van der Waals surface area contributed by atoms with Crippen molar-refractivity contribution in [1.82, 2.24) is 14.8 Å². The molecule has 0 aliphatic carbocycles. The Morgan fingerprint density at radius 3 is 2.61 bits per heavy atom. The van der Waals surface area contributed by atoms with Gasteiger partial charge in [0.05, 0.1) is 12.2 Å². The molecule has 0 unspecified atom stereocenters. The summed E-state index contributed by atoms with van der Waals surface area (Å²) in [7, 11) is 0. The molecule has 0 bridgehead atoms. The predicted molar refractivity (Wildman–Crippen MR) is 140 cm³/mol. The van der Waals surface area contributed by atoms with E-state index in [-0.39, 0.29) is 30.1 Å². The lowest BCUT2D eigenvalue weighted by Crippen LogP contribution is -2.67. The number of nitrogens with one attached hydrogen (secondary N) is 1. The first-order chi connectivity index (χ1) is 17.4. The number of H-pyrrole nitrogens is 1. The van der Waals surface area contributed by atoms with Gasteiger partial charge in [-0.1, -0.05) is 58.4 Å². The average molecular weight is 546 g/mol. The molecule has 0 spiro atoms. The summed E-state index contributed by atoms with van der Waals surface area (Å²) in [5, 5.41) is 1.07. The largest absolute Gasteiger partial charge is 0.356 e. The molecular weight excluding hydrogens is 521 g/mol. The Balaban J connectivity index is 1.43. The van der Waals surface area contributed by atoms with Crippen LogP contribution in [0.3, 0.4) is 0 Å². The van der Waals surface area contributed by atoms with Crippen molar-refractivity contribution >= 4 is 38.6 Å². The SMILES string of the molecule is C[C@]12C(=O)N(CCc3cccc(F)c3)CC(=O)N1C[C@H](c1ccc(Br)cc1)c1c2[nH]c2ccccc12. The van der Waals surface area contributed by atoms with Gasteiger partial charge in [0, 0.05) is 34.4 Å². The molecule has 3 aromatic carbocycles. The number of rotatable bonds is 4. The predicted octanol–water partition coefficient (Wildman–Crippen LogP) is 5.34. The lowest BCUT2D eigenvalue weighted by atomic mass is 9.76. The number of piperazine rings is 1. The lowest BCUT2D eigenvalue weighted by molar-refractivity contribution is -0.166. The van der Waals surface area contributed by atoms with Gasteiger partial charge in [-0.15, -0.1) is 0 Å². The Morgan fingerprint density at radius 2 is 1.83 bits per heavy atom. The molecule has 182 valence electrons. The van der Waals surface area contributed by atoms with E-state index < -0.39 is 5.54 Å². The van der Waals surface area contributed by atoms with Crippen LogP contribution < -0.4 is 0 Å². The van der Waals surface area contributed by atoms with Crippen molar-refractivity contribution in [2.45, 2.75) is 24.8 Å². The number of amides is 2. The molecule has 2 atom stereocenters. The number of halogens is 2. The maximum Gasteiger partial charge on any atom is 0.254 e. The molecule has 0 saturated carbocycles. The monoisotopic (exact) mass is 545 g/mol. The number of benzene rings is 3. The molecule has 1 N–H and O–H groups in total. The summed E-state index contributed by atoms with van der Waals surface area (Å²) in [5.74, 6) is -0.558. The Bertz CT molecular complexity index is 1500. The molecule has 0 radical (unpaired) electrons. The smallest absolute Gasteiger partial charge is 0.254 e. The summed E-state index contributed by atoms with van der Waals surface area (Å²) < 4.78 is 14.7. The van der Waals surface area contributed by atoms with Gasteiger partial charge in [0.15, 0.2) is 5.54 Å². The number of carbonyl (C=O) groups excluding carboxylic acids is 2. The van der Waals surface area contributed by atoms with Gasteiger partial charge in [-0.2, -0.15) is 0 Å². The minimum Gasteiger partial charge on any atom is -0.356 e. The lowest BCUT2D eigenvalue weighted by Gasteiger charge is -2.51. The number of aromatic amines is 1. The van der Waals surface area contributed by atoms with Crippen LogP contribution in [-0.2, 0) is 21.5 Å². The van der Waals surface area contributed by atoms with Gasteiger partial charge in [0.2, 0.25) is 5.91 Å². The molecule has 6 rings (SSSR count). The van der Waals surface area contributed by atoms with Crippen molar-refractivity contribution in [3.05, 3.63) is 105 Å². The maximum absolute atomic E-state index is 14.1. The number of hydrogen-bond acceptors (Lipinski definition) is 2. The first-order valence-corrected chi connectivity index (χ1v) is 12.9. The summed E-state index contributed by atoms with van der Waals surface area (Å²) in [6.07, 6.45) is 0.480. The highest BCUT2D eigenvalue weighted by Gasteiger charge is 2.56.